The van der Waals surface area contributed by atoms with Crippen molar-refractivity contribution >= 4 is 33.3 Å². The number of halogens is 4. The summed E-state index contributed by atoms with van der Waals surface area (Å²) in [7, 11) is -5.56. The zero-order valence-electron chi connectivity index (χ0n) is 23.4. The number of aliphatic carboxylic acids is 1. The van der Waals surface area contributed by atoms with Crippen molar-refractivity contribution in [2.45, 2.75) is 73.8 Å². The molecular formula is C28H34F4N2O6S2. The third-order valence-electron chi connectivity index (χ3n) is 7.49. The molecule has 1 N–H and O–H groups in total. The Kier molecular flexibility index (Phi) is 9.70. The zero-order valence-corrected chi connectivity index (χ0v) is 25.1. The Hall–Kier alpha value is -2.55. The Labute approximate surface area is 246 Å². The normalized spacial score (nSPS) is 19.8. The summed E-state index contributed by atoms with van der Waals surface area (Å²) in [5.41, 5.74) is -5.23. The molecule has 0 saturated carbocycles. The number of carbonyl (C=O) groups is 1. The van der Waals surface area contributed by atoms with Gasteiger partial charge in [0.15, 0.2) is 0 Å². The maximum absolute atomic E-state index is 14.1. The maximum Gasteiger partial charge on any atom is 0.501 e. The van der Waals surface area contributed by atoms with Crippen molar-refractivity contribution in [3.8, 4) is 5.75 Å². The van der Waals surface area contributed by atoms with E-state index in [0.717, 1.165) is 12.1 Å². The number of benzene rings is 2. The van der Waals surface area contributed by atoms with E-state index in [1.165, 1.54) is 41.0 Å². The number of alkyl halides is 3. The van der Waals surface area contributed by atoms with Crippen LogP contribution in [0.5, 0.6) is 5.75 Å². The van der Waals surface area contributed by atoms with Gasteiger partial charge in [-0.05, 0) is 74.7 Å². The molecule has 1 saturated heterocycles. The van der Waals surface area contributed by atoms with Crippen LogP contribution >= 0.6 is 11.8 Å². The highest BCUT2D eigenvalue weighted by Crippen LogP contribution is 2.47. The van der Waals surface area contributed by atoms with Crippen LogP contribution in [0.15, 0.2) is 47.4 Å². The van der Waals surface area contributed by atoms with Crippen LogP contribution in [0.1, 0.15) is 51.2 Å². The Morgan fingerprint density at radius 3 is 2.38 bits per heavy atom. The van der Waals surface area contributed by atoms with E-state index in [1.807, 2.05) is 25.1 Å². The molecule has 0 radical (unpaired) electrons. The zero-order chi connectivity index (χ0) is 30.9. The Bertz CT molecular complexity index is 1360. The van der Waals surface area contributed by atoms with Crippen LogP contribution in [0, 0.1) is 5.82 Å². The second-order valence-electron chi connectivity index (χ2n) is 10.7. The van der Waals surface area contributed by atoms with E-state index in [4.69, 9.17) is 9.47 Å². The van der Waals surface area contributed by atoms with Crippen LogP contribution < -0.4 is 9.75 Å². The fourth-order valence-corrected chi connectivity index (χ4v) is 6.71. The fraction of sp³-hybridized carbons (Fsp3) is 0.536. The third-order valence-corrected chi connectivity index (χ3v) is 9.63. The summed E-state index contributed by atoms with van der Waals surface area (Å²) in [6.45, 7) is 4.48. The summed E-state index contributed by atoms with van der Waals surface area (Å²) in [4.78, 5) is 11.5. The summed E-state index contributed by atoms with van der Waals surface area (Å²) >= 11 is 1.46. The number of piperidine rings is 1. The lowest BCUT2D eigenvalue weighted by molar-refractivity contribution is -0.140. The summed E-state index contributed by atoms with van der Waals surface area (Å²) in [6.07, 6.45) is 2.96. The van der Waals surface area contributed by atoms with Crippen molar-refractivity contribution in [2.24, 2.45) is 0 Å². The Morgan fingerprint density at radius 2 is 1.83 bits per heavy atom. The van der Waals surface area contributed by atoms with Crippen LogP contribution in [0.3, 0.4) is 0 Å². The molecule has 2 aliphatic heterocycles. The molecule has 2 aromatic rings. The van der Waals surface area contributed by atoms with Gasteiger partial charge in [-0.3, -0.25) is 5.01 Å². The van der Waals surface area contributed by atoms with Crippen LogP contribution in [0.4, 0.5) is 23.2 Å². The standard InChI is InChI=1S/C28H34F4N2O6S2/c1-18(2)39-25-17-27(40-24-9-4-19(29)16-22(24)25)11-13-33(14-12-27)34(23(26(35)36)10-15-41-3)20-5-7-21(8-6-20)42(37,38)28(30,31)32/h4-9,16,18,23,25H,10-15,17H2,1-3H3,(H,35,36)/t23-,25+/m0/s1. The number of hydrogen-bond acceptors (Lipinski definition) is 8. The van der Waals surface area contributed by atoms with E-state index in [1.54, 1.807) is 6.07 Å². The number of rotatable bonds is 10. The van der Waals surface area contributed by atoms with Crippen molar-refractivity contribution in [1.82, 2.24) is 5.01 Å². The van der Waals surface area contributed by atoms with Crippen molar-refractivity contribution in [1.29, 1.82) is 0 Å². The van der Waals surface area contributed by atoms with Gasteiger partial charge in [-0.1, -0.05) is 0 Å². The van der Waals surface area contributed by atoms with E-state index < -0.39 is 49.8 Å². The van der Waals surface area contributed by atoms with Gasteiger partial charge < -0.3 is 14.6 Å². The predicted octanol–water partition coefficient (Wildman–Crippen LogP) is 5.83. The first-order chi connectivity index (χ1) is 19.7. The molecule has 2 aromatic carbocycles. The molecule has 2 heterocycles. The van der Waals surface area contributed by atoms with Crippen LogP contribution in [-0.2, 0) is 19.4 Å². The number of carboxylic acid groups (broad SMARTS) is 1. The topological polar surface area (TPSA) is 96.4 Å². The molecule has 8 nitrogen and oxygen atoms in total. The summed E-state index contributed by atoms with van der Waals surface area (Å²) < 4.78 is 89.7. The summed E-state index contributed by atoms with van der Waals surface area (Å²) in [5, 5.41) is 13.5. The number of fused-ring (bicyclic) bond motifs is 1. The van der Waals surface area contributed by atoms with Crippen molar-refractivity contribution in [3.05, 3.63) is 53.8 Å². The van der Waals surface area contributed by atoms with Gasteiger partial charge in [-0.25, -0.2) is 22.6 Å². The quantitative estimate of drug-likeness (QED) is 0.324. The molecule has 2 atom stereocenters. The number of thioether (sulfide) groups is 1. The smallest absolute Gasteiger partial charge is 0.487 e. The van der Waals surface area contributed by atoms with Gasteiger partial charge in [-0.2, -0.15) is 24.9 Å². The molecule has 14 heteroatoms. The number of hydrazine groups is 1. The minimum Gasteiger partial charge on any atom is -0.487 e. The molecule has 232 valence electrons. The number of hydrogen-bond donors (Lipinski definition) is 1. The van der Waals surface area contributed by atoms with Gasteiger partial charge in [0.2, 0.25) is 0 Å². The van der Waals surface area contributed by atoms with E-state index in [-0.39, 0.29) is 18.2 Å². The molecule has 2 aliphatic rings. The van der Waals surface area contributed by atoms with Gasteiger partial charge in [0.1, 0.15) is 23.2 Å². The van der Waals surface area contributed by atoms with Gasteiger partial charge in [0.25, 0.3) is 9.84 Å². The lowest BCUT2D eigenvalue weighted by Gasteiger charge is -2.50. The maximum atomic E-state index is 14.1. The molecule has 1 spiro atoms. The van der Waals surface area contributed by atoms with E-state index >= 15 is 0 Å². The molecule has 4 rings (SSSR count). The molecule has 0 bridgehead atoms. The van der Waals surface area contributed by atoms with E-state index in [0.29, 0.717) is 49.4 Å². The first kappa shape index (κ1) is 32.4. The van der Waals surface area contributed by atoms with Crippen LogP contribution in [0.25, 0.3) is 0 Å². The number of carboxylic acids is 1. The first-order valence-corrected chi connectivity index (χ1v) is 16.4. The lowest BCUT2D eigenvalue weighted by atomic mass is 9.81. The van der Waals surface area contributed by atoms with Gasteiger partial charge >= 0.3 is 11.5 Å². The van der Waals surface area contributed by atoms with Crippen LogP contribution in [-0.4, -0.2) is 72.9 Å². The van der Waals surface area contributed by atoms with Gasteiger partial charge in [-0.15, -0.1) is 0 Å². The minimum atomic E-state index is -5.56. The highest BCUT2D eigenvalue weighted by molar-refractivity contribution is 7.98. The first-order valence-electron chi connectivity index (χ1n) is 13.5. The molecule has 0 amide bonds. The number of nitrogens with zero attached hydrogens (tertiary/aromatic N) is 2. The Balaban J connectivity index is 1.63. The fourth-order valence-electron chi connectivity index (χ4n) is 5.49. The molecule has 42 heavy (non-hydrogen) atoms. The van der Waals surface area contributed by atoms with E-state index in [2.05, 4.69) is 0 Å². The number of anilines is 1. The second-order valence-corrected chi connectivity index (χ2v) is 13.6. The van der Waals surface area contributed by atoms with Crippen LogP contribution in [0.2, 0.25) is 0 Å². The van der Waals surface area contributed by atoms with Gasteiger partial charge in [0, 0.05) is 37.9 Å². The second kappa shape index (κ2) is 12.6. The average molecular weight is 635 g/mol. The number of ether oxygens (including phenoxy) is 2. The van der Waals surface area contributed by atoms with E-state index in [9.17, 15) is 35.9 Å². The molecule has 0 aromatic heterocycles. The van der Waals surface area contributed by atoms with Crippen molar-refractivity contribution in [2.75, 3.05) is 30.1 Å². The lowest BCUT2D eigenvalue weighted by Crippen LogP contribution is -2.59. The highest BCUT2D eigenvalue weighted by Gasteiger charge is 2.48. The third kappa shape index (κ3) is 6.81. The molecular weight excluding hydrogens is 600 g/mol. The summed E-state index contributed by atoms with van der Waals surface area (Å²) in [5.74, 6) is -0.471. The summed E-state index contributed by atoms with van der Waals surface area (Å²) in [6, 6.07) is 7.37. The minimum absolute atomic E-state index is 0.117. The van der Waals surface area contributed by atoms with Gasteiger partial charge in [0.05, 0.1) is 22.8 Å². The molecule has 0 aliphatic carbocycles. The largest absolute Gasteiger partial charge is 0.501 e. The highest BCUT2D eigenvalue weighted by atomic mass is 32.2. The molecule has 1 fully saturated rings. The molecule has 0 unspecified atom stereocenters. The predicted molar refractivity (Wildman–Crippen MR) is 151 cm³/mol. The number of sulfone groups is 1. The average Bonchev–Trinajstić information content (AvgIpc) is 2.91. The monoisotopic (exact) mass is 634 g/mol. The van der Waals surface area contributed by atoms with Crippen molar-refractivity contribution in [3.63, 3.8) is 0 Å². The SMILES string of the molecule is CSCC[C@@H](C(=O)O)N(c1ccc(S(=O)(=O)C(F)(F)F)cc1)N1CCC2(CC1)C[C@@H](OC(C)C)c1cc(F)ccc1O2. The van der Waals surface area contributed by atoms with Crippen molar-refractivity contribution < 1.29 is 45.4 Å². The Morgan fingerprint density at radius 1 is 1.19 bits per heavy atom.